The minimum Gasteiger partial charge on any atom is -0.495 e. The average Bonchev–Trinajstić information content (AvgIpc) is 2.80. The van der Waals surface area contributed by atoms with Gasteiger partial charge in [-0.15, -0.1) is 11.8 Å². The molecule has 1 aliphatic rings. The predicted molar refractivity (Wildman–Crippen MR) is 127 cm³/mol. The van der Waals surface area contributed by atoms with E-state index in [2.05, 4.69) is 4.90 Å². The Morgan fingerprint density at radius 3 is 2.58 bits per heavy atom. The van der Waals surface area contributed by atoms with Crippen LogP contribution in [0.4, 0.5) is 5.69 Å². The number of thioether (sulfide) groups is 1. The maximum absolute atomic E-state index is 12.8. The summed E-state index contributed by atoms with van der Waals surface area (Å²) in [7, 11) is 3.41. The maximum atomic E-state index is 12.8. The molecule has 1 amide bonds. The molecule has 1 saturated heterocycles. The number of aromatic nitrogens is 1. The molecule has 0 radical (unpaired) electrons. The first kappa shape index (κ1) is 21.6. The Morgan fingerprint density at radius 2 is 1.84 bits per heavy atom. The van der Waals surface area contributed by atoms with Crippen molar-refractivity contribution in [1.29, 1.82) is 0 Å². The van der Waals surface area contributed by atoms with Crippen molar-refractivity contribution in [3.8, 4) is 5.75 Å². The second-order valence-corrected chi connectivity index (χ2v) is 8.85. The van der Waals surface area contributed by atoms with E-state index in [-0.39, 0.29) is 17.2 Å². The first-order chi connectivity index (χ1) is 15.0. The van der Waals surface area contributed by atoms with Gasteiger partial charge in [0.1, 0.15) is 5.75 Å². The van der Waals surface area contributed by atoms with Gasteiger partial charge in [0.25, 0.3) is 5.56 Å². The van der Waals surface area contributed by atoms with Crippen molar-refractivity contribution >= 4 is 45.9 Å². The van der Waals surface area contributed by atoms with Gasteiger partial charge < -0.3 is 19.1 Å². The molecule has 3 aromatic rings. The lowest BCUT2D eigenvalue weighted by Crippen LogP contribution is -2.49. The van der Waals surface area contributed by atoms with E-state index in [0.29, 0.717) is 18.1 Å². The fraction of sp³-hybridized carbons (Fsp3) is 0.304. The van der Waals surface area contributed by atoms with Crippen molar-refractivity contribution in [3.05, 3.63) is 63.9 Å². The molecular formula is C23H24ClN3O3S. The Balaban J connectivity index is 1.42. The average molecular weight is 458 g/mol. The van der Waals surface area contributed by atoms with E-state index in [9.17, 15) is 9.59 Å². The number of benzene rings is 2. The molecule has 2 aromatic carbocycles. The normalized spacial score (nSPS) is 14.2. The summed E-state index contributed by atoms with van der Waals surface area (Å²) in [6.45, 7) is 2.81. The van der Waals surface area contributed by atoms with Gasteiger partial charge in [-0.05, 0) is 30.3 Å². The highest BCUT2D eigenvalue weighted by Gasteiger charge is 2.23. The molecule has 0 spiro atoms. The van der Waals surface area contributed by atoms with Crippen LogP contribution in [0, 0.1) is 0 Å². The van der Waals surface area contributed by atoms with Crippen LogP contribution in [0.15, 0.2) is 58.2 Å². The van der Waals surface area contributed by atoms with Gasteiger partial charge in [-0.1, -0.05) is 23.7 Å². The third-order valence-corrected chi connectivity index (χ3v) is 6.86. The highest BCUT2D eigenvalue weighted by atomic mass is 35.5. The van der Waals surface area contributed by atoms with Gasteiger partial charge in [-0.3, -0.25) is 9.59 Å². The van der Waals surface area contributed by atoms with Crippen molar-refractivity contribution in [3.63, 3.8) is 0 Å². The van der Waals surface area contributed by atoms with Crippen molar-refractivity contribution in [2.75, 3.05) is 43.9 Å². The molecule has 0 aliphatic carbocycles. The molecule has 0 saturated carbocycles. The molecule has 2 heterocycles. The number of nitrogens with zero attached hydrogens (tertiary/aromatic N) is 3. The number of aryl methyl sites for hydroxylation is 1. The number of piperazine rings is 1. The van der Waals surface area contributed by atoms with Crippen LogP contribution in [-0.4, -0.2) is 54.4 Å². The minimum absolute atomic E-state index is 0.0699. The lowest BCUT2D eigenvalue weighted by atomic mass is 10.2. The van der Waals surface area contributed by atoms with Crippen molar-refractivity contribution in [2.24, 2.45) is 7.05 Å². The lowest BCUT2D eigenvalue weighted by Gasteiger charge is -2.36. The number of pyridine rings is 1. The summed E-state index contributed by atoms with van der Waals surface area (Å²) in [4.78, 5) is 30.1. The molecule has 31 heavy (non-hydrogen) atoms. The number of halogens is 1. The number of methoxy groups -OCH3 is 1. The number of carbonyl (C=O) groups excluding carboxylic acids is 1. The second kappa shape index (κ2) is 9.24. The molecule has 162 valence electrons. The highest BCUT2D eigenvalue weighted by molar-refractivity contribution is 8.00. The third kappa shape index (κ3) is 4.52. The van der Waals surface area contributed by atoms with Crippen molar-refractivity contribution in [1.82, 2.24) is 9.47 Å². The SMILES string of the molecule is COc1ccccc1N1CCN(C(=O)CSc2cc(=O)n(C)c3ccc(Cl)cc23)CC1. The van der Waals surface area contributed by atoms with Gasteiger partial charge in [0.15, 0.2) is 0 Å². The van der Waals surface area contributed by atoms with Crippen molar-refractivity contribution < 1.29 is 9.53 Å². The summed E-state index contributed by atoms with van der Waals surface area (Å²) in [5.74, 6) is 1.19. The summed E-state index contributed by atoms with van der Waals surface area (Å²) >= 11 is 7.56. The summed E-state index contributed by atoms with van der Waals surface area (Å²) < 4.78 is 7.05. The Kier molecular flexibility index (Phi) is 6.43. The zero-order chi connectivity index (χ0) is 22.0. The zero-order valence-corrected chi connectivity index (χ0v) is 19.1. The van der Waals surface area contributed by atoms with Gasteiger partial charge in [0.2, 0.25) is 5.91 Å². The van der Waals surface area contributed by atoms with Crippen LogP contribution in [0.25, 0.3) is 10.9 Å². The number of amides is 1. The zero-order valence-electron chi connectivity index (χ0n) is 17.5. The molecular weight excluding hydrogens is 434 g/mol. The Morgan fingerprint density at radius 1 is 1.10 bits per heavy atom. The molecule has 0 bridgehead atoms. The third-order valence-electron chi connectivity index (χ3n) is 5.58. The highest BCUT2D eigenvalue weighted by Crippen LogP contribution is 2.30. The predicted octanol–water partition coefficient (Wildman–Crippen LogP) is 3.64. The molecule has 0 atom stereocenters. The molecule has 4 rings (SSSR count). The maximum Gasteiger partial charge on any atom is 0.251 e. The van der Waals surface area contributed by atoms with Gasteiger partial charge in [-0.2, -0.15) is 0 Å². The fourth-order valence-electron chi connectivity index (χ4n) is 3.84. The van der Waals surface area contributed by atoms with E-state index in [4.69, 9.17) is 16.3 Å². The van der Waals surface area contributed by atoms with Crippen LogP contribution in [0.5, 0.6) is 5.75 Å². The largest absolute Gasteiger partial charge is 0.495 e. The van der Waals surface area contributed by atoms with Gasteiger partial charge in [-0.25, -0.2) is 0 Å². The topological polar surface area (TPSA) is 54.8 Å². The molecule has 1 aliphatic heterocycles. The Bertz CT molecular complexity index is 1170. The van der Waals surface area contributed by atoms with E-state index in [1.807, 2.05) is 41.3 Å². The molecule has 1 aromatic heterocycles. The molecule has 0 N–H and O–H groups in total. The number of hydrogen-bond acceptors (Lipinski definition) is 5. The van der Waals surface area contributed by atoms with Gasteiger partial charge in [0, 0.05) is 54.6 Å². The number of rotatable bonds is 5. The van der Waals surface area contributed by atoms with E-state index >= 15 is 0 Å². The fourth-order valence-corrected chi connectivity index (χ4v) is 4.98. The summed E-state index contributed by atoms with van der Waals surface area (Å²) in [6, 6.07) is 15.0. The number of para-hydroxylation sites is 2. The van der Waals surface area contributed by atoms with Crippen LogP contribution < -0.4 is 15.2 Å². The van der Waals surface area contributed by atoms with Gasteiger partial charge in [0.05, 0.1) is 24.1 Å². The van der Waals surface area contributed by atoms with Crippen LogP contribution in [-0.2, 0) is 11.8 Å². The number of hydrogen-bond donors (Lipinski definition) is 0. The van der Waals surface area contributed by atoms with Crippen molar-refractivity contribution in [2.45, 2.75) is 4.90 Å². The van der Waals surface area contributed by atoms with Crippen LogP contribution >= 0.6 is 23.4 Å². The first-order valence-corrected chi connectivity index (χ1v) is 11.4. The lowest BCUT2D eigenvalue weighted by molar-refractivity contribution is -0.128. The number of carbonyl (C=O) groups is 1. The summed E-state index contributed by atoms with van der Waals surface area (Å²) in [6.07, 6.45) is 0. The quantitative estimate of drug-likeness (QED) is 0.547. The Labute approximate surface area is 190 Å². The molecule has 6 nitrogen and oxygen atoms in total. The molecule has 0 unspecified atom stereocenters. The summed E-state index contributed by atoms with van der Waals surface area (Å²) in [5, 5.41) is 1.49. The first-order valence-electron chi connectivity index (χ1n) is 10.1. The van der Waals surface area contributed by atoms with E-state index in [1.165, 1.54) is 11.8 Å². The molecule has 1 fully saturated rings. The number of anilines is 1. The van der Waals surface area contributed by atoms with E-state index in [1.54, 1.807) is 30.9 Å². The smallest absolute Gasteiger partial charge is 0.251 e. The van der Waals surface area contributed by atoms with Crippen LogP contribution in [0.3, 0.4) is 0 Å². The standard InChI is InChI=1S/C23H24ClN3O3S/c1-25-18-8-7-16(24)13-17(18)21(14-22(25)28)31-15-23(29)27-11-9-26(10-12-27)19-5-3-4-6-20(19)30-2/h3-8,13-14H,9-12,15H2,1-2H3. The Hall–Kier alpha value is -2.64. The number of ether oxygens (including phenoxy) is 1. The molecule has 8 heteroatoms. The second-order valence-electron chi connectivity index (χ2n) is 7.40. The van der Waals surface area contributed by atoms with Gasteiger partial charge >= 0.3 is 0 Å². The minimum atomic E-state index is -0.102. The number of fused-ring (bicyclic) bond motifs is 1. The van der Waals surface area contributed by atoms with E-state index < -0.39 is 0 Å². The van der Waals surface area contributed by atoms with Crippen LogP contribution in [0.1, 0.15) is 0 Å². The summed E-state index contributed by atoms with van der Waals surface area (Å²) in [5.41, 5.74) is 1.75. The van der Waals surface area contributed by atoms with E-state index in [0.717, 1.165) is 40.3 Å². The monoisotopic (exact) mass is 457 g/mol. The van der Waals surface area contributed by atoms with Crippen LogP contribution in [0.2, 0.25) is 5.02 Å².